The molecular weight excluding hydrogens is 368 g/mol. The molecule has 0 radical (unpaired) electrons. The van der Waals surface area contributed by atoms with Gasteiger partial charge in [-0.1, -0.05) is 18.2 Å². The molecule has 140 valence electrons. The van der Waals surface area contributed by atoms with Crippen LogP contribution >= 0.6 is 11.3 Å². The molecule has 3 heterocycles. The third-order valence-electron chi connectivity index (χ3n) is 5.14. The number of rotatable bonds is 3. The van der Waals surface area contributed by atoms with Gasteiger partial charge in [-0.25, -0.2) is 8.42 Å². The lowest BCUT2D eigenvalue weighted by atomic mass is 10.0. The van der Waals surface area contributed by atoms with Gasteiger partial charge < -0.3 is 4.74 Å². The number of ether oxygens (including phenoxy) is 1. The Kier molecular flexibility index (Phi) is 4.59. The molecule has 0 bridgehead atoms. The Labute approximate surface area is 159 Å². The zero-order valence-corrected chi connectivity index (χ0v) is 16.7. The van der Waals surface area contributed by atoms with Crippen molar-refractivity contribution in [3.05, 3.63) is 46.7 Å². The Bertz CT molecular complexity index is 880. The van der Waals surface area contributed by atoms with Gasteiger partial charge in [0.1, 0.15) is 16.2 Å². The number of nitrogens with zero attached hydrogens (tertiary/aromatic N) is 2. The zero-order chi connectivity index (χ0) is 18.4. The van der Waals surface area contributed by atoms with E-state index in [0.717, 1.165) is 26.1 Å². The maximum atomic E-state index is 13.2. The van der Waals surface area contributed by atoms with Gasteiger partial charge in [0.25, 0.3) is 0 Å². The average molecular weight is 393 g/mol. The van der Waals surface area contributed by atoms with Gasteiger partial charge >= 0.3 is 0 Å². The molecule has 1 fully saturated rings. The van der Waals surface area contributed by atoms with Gasteiger partial charge in [-0.05, 0) is 37.4 Å². The topological polar surface area (TPSA) is 49.9 Å². The molecule has 2 aromatic rings. The van der Waals surface area contributed by atoms with Crippen LogP contribution in [-0.4, -0.2) is 48.9 Å². The van der Waals surface area contributed by atoms with Crippen LogP contribution in [0.3, 0.4) is 0 Å². The van der Waals surface area contributed by atoms with Crippen molar-refractivity contribution in [1.29, 1.82) is 0 Å². The van der Waals surface area contributed by atoms with Crippen molar-refractivity contribution in [3.63, 3.8) is 0 Å². The summed E-state index contributed by atoms with van der Waals surface area (Å²) in [7, 11) is -3.56. The fourth-order valence-corrected chi connectivity index (χ4v) is 6.44. The SMILES string of the molecule is CC(C)N1CC2(CCN(Cc3cccs3)C2)Oc2ccccc2S1(=O)=O. The van der Waals surface area contributed by atoms with Gasteiger partial charge in [-0.3, -0.25) is 4.90 Å². The lowest BCUT2D eigenvalue weighted by molar-refractivity contribution is 0.0533. The Balaban J connectivity index is 1.68. The standard InChI is InChI=1S/C19H24N2O3S2/c1-15(2)21-14-19(9-10-20(13-19)12-16-6-5-11-25-16)24-17-7-3-4-8-18(17)26(21,22)23/h3-8,11,15H,9-10,12-14H2,1-2H3. The second-order valence-electron chi connectivity index (χ2n) is 7.42. The molecule has 26 heavy (non-hydrogen) atoms. The highest BCUT2D eigenvalue weighted by Crippen LogP contribution is 2.39. The molecule has 2 aliphatic heterocycles. The molecule has 0 amide bonds. The van der Waals surface area contributed by atoms with E-state index >= 15 is 0 Å². The van der Waals surface area contributed by atoms with E-state index in [0.29, 0.717) is 12.3 Å². The minimum Gasteiger partial charge on any atom is -0.483 e. The van der Waals surface area contributed by atoms with Crippen molar-refractivity contribution in [1.82, 2.24) is 9.21 Å². The summed E-state index contributed by atoms with van der Waals surface area (Å²) in [6.07, 6.45) is 0.825. The summed E-state index contributed by atoms with van der Waals surface area (Å²) >= 11 is 1.75. The molecule has 0 saturated carbocycles. The number of fused-ring (bicyclic) bond motifs is 1. The summed E-state index contributed by atoms with van der Waals surface area (Å²) < 4.78 is 34.4. The minimum absolute atomic E-state index is 0.113. The Morgan fingerprint density at radius 1 is 1.19 bits per heavy atom. The fourth-order valence-electron chi connectivity index (χ4n) is 3.87. The Morgan fingerprint density at radius 2 is 2.00 bits per heavy atom. The van der Waals surface area contributed by atoms with E-state index in [1.54, 1.807) is 33.8 Å². The lowest BCUT2D eigenvalue weighted by Crippen LogP contribution is -2.51. The van der Waals surface area contributed by atoms with Gasteiger partial charge in [-0.2, -0.15) is 4.31 Å². The number of benzene rings is 1. The summed E-state index contributed by atoms with van der Waals surface area (Å²) in [5.74, 6) is 0.480. The van der Waals surface area contributed by atoms with E-state index in [4.69, 9.17) is 4.74 Å². The summed E-state index contributed by atoms with van der Waals surface area (Å²) in [4.78, 5) is 3.97. The van der Waals surface area contributed by atoms with Crippen molar-refractivity contribution < 1.29 is 13.2 Å². The first-order chi connectivity index (χ1) is 12.4. The predicted octanol–water partition coefficient (Wildman–Crippen LogP) is 3.18. The molecule has 0 aliphatic carbocycles. The number of sulfonamides is 1. The number of hydrogen-bond acceptors (Lipinski definition) is 5. The first-order valence-electron chi connectivity index (χ1n) is 8.94. The third-order valence-corrected chi connectivity index (χ3v) is 8.06. The lowest BCUT2D eigenvalue weighted by Gasteiger charge is -2.33. The first-order valence-corrected chi connectivity index (χ1v) is 11.3. The van der Waals surface area contributed by atoms with Crippen LogP contribution < -0.4 is 4.74 Å². The highest BCUT2D eigenvalue weighted by atomic mass is 32.2. The van der Waals surface area contributed by atoms with Crippen LogP contribution in [0.15, 0.2) is 46.7 Å². The monoisotopic (exact) mass is 392 g/mol. The molecule has 1 saturated heterocycles. The largest absolute Gasteiger partial charge is 0.483 e. The molecule has 1 atom stereocenters. The average Bonchev–Trinajstić information content (AvgIpc) is 3.21. The van der Waals surface area contributed by atoms with Gasteiger partial charge in [0, 0.05) is 37.0 Å². The Morgan fingerprint density at radius 3 is 2.73 bits per heavy atom. The molecule has 1 unspecified atom stereocenters. The van der Waals surface area contributed by atoms with Crippen molar-refractivity contribution in [3.8, 4) is 5.75 Å². The quantitative estimate of drug-likeness (QED) is 0.805. The van der Waals surface area contributed by atoms with E-state index < -0.39 is 15.6 Å². The van der Waals surface area contributed by atoms with Crippen LogP contribution in [-0.2, 0) is 16.6 Å². The first kappa shape index (κ1) is 18.0. The second-order valence-corrected chi connectivity index (χ2v) is 10.3. The van der Waals surface area contributed by atoms with Gasteiger partial charge in [0.05, 0.1) is 6.54 Å². The van der Waals surface area contributed by atoms with Gasteiger partial charge in [0.15, 0.2) is 0 Å². The van der Waals surface area contributed by atoms with Crippen molar-refractivity contribution >= 4 is 21.4 Å². The van der Waals surface area contributed by atoms with E-state index in [1.165, 1.54) is 4.88 Å². The summed E-state index contributed by atoms with van der Waals surface area (Å²) in [6.45, 7) is 6.78. The number of para-hydroxylation sites is 1. The summed E-state index contributed by atoms with van der Waals surface area (Å²) in [6, 6.07) is 11.1. The van der Waals surface area contributed by atoms with Crippen LogP contribution in [0, 0.1) is 0 Å². The second kappa shape index (κ2) is 6.64. The van der Waals surface area contributed by atoms with Gasteiger partial charge in [-0.15, -0.1) is 11.3 Å². The van der Waals surface area contributed by atoms with Crippen LogP contribution in [0.5, 0.6) is 5.75 Å². The molecule has 5 nitrogen and oxygen atoms in total. The molecule has 0 N–H and O–H groups in total. The Hall–Kier alpha value is -1.41. The van der Waals surface area contributed by atoms with Crippen molar-refractivity contribution in [2.24, 2.45) is 0 Å². The molecule has 1 aromatic carbocycles. The zero-order valence-electron chi connectivity index (χ0n) is 15.1. The third kappa shape index (κ3) is 3.17. The van der Waals surface area contributed by atoms with Crippen LogP contribution in [0.1, 0.15) is 25.1 Å². The molecule has 1 spiro atoms. The fraction of sp³-hybridized carbons (Fsp3) is 0.474. The number of hydrogen-bond donors (Lipinski definition) is 0. The van der Waals surface area contributed by atoms with E-state index in [-0.39, 0.29) is 10.9 Å². The predicted molar refractivity (Wildman–Crippen MR) is 103 cm³/mol. The minimum atomic E-state index is -3.56. The number of thiophene rings is 1. The maximum Gasteiger partial charge on any atom is 0.247 e. The normalized spacial score (nSPS) is 26.0. The van der Waals surface area contributed by atoms with Crippen LogP contribution in [0.25, 0.3) is 0 Å². The van der Waals surface area contributed by atoms with Crippen molar-refractivity contribution in [2.75, 3.05) is 19.6 Å². The van der Waals surface area contributed by atoms with E-state index in [1.807, 2.05) is 19.9 Å². The van der Waals surface area contributed by atoms with E-state index in [2.05, 4.69) is 22.4 Å². The van der Waals surface area contributed by atoms with E-state index in [9.17, 15) is 8.42 Å². The highest BCUT2D eigenvalue weighted by molar-refractivity contribution is 7.89. The number of likely N-dealkylation sites (tertiary alicyclic amines) is 1. The molecule has 7 heteroatoms. The maximum absolute atomic E-state index is 13.2. The summed E-state index contributed by atoms with van der Waals surface area (Å²) in [5, 5.41) is 2.09. The van der Waals surface area contributed by atoms with Crippen LogP contribution in [0.2, 0.25) is 0 Å². The smallest absolute Gasteiger partial charge is 0.247 e. The van der Waals surface area contributed by atoms with Crippen molar-refractivity contribution in [2.45, 2.75) is 43.4 Å². The molecule has 2 aliphatic rings. The molecule has 4 rings (SSSR count). The van der Waals surface area contributed by atoms with Gasteiger partial charge in [0.2, 0.25) is 10.0 Å². The summed E-state index contributed by atoms with van der Waals surface area (Å²) in [5.41, 5.74) is -0.499. The molecular formula is C19H24N2O3S2. The van der Waals surface area contributed by atoms with Crippen LogP contribution in [0.4, 0.5) is 0 Å². The molecule has 1 aromatic heterocycles. The highest BCUT2D eigenvalue weighted by Gasteiger charge is 2.48.